The Morgan fingerprint density at radius 3 is 2.40 bits per heavy atom. The van der Waals surface area contributed by atoms with E-state index in [0.29, 0.717) is 36.8 Å². The second-order valence-electron chi connectivity index (χ2n) is 8.55. The highest BCUT2D eigenvalue weighted by molar-refractivity contribution is 8.00. The molecule has 35 heavy (non-hydrogen) atoms. The summed E-state index contributed by atoms with van der Waals surface area (Å²) in [5.74, 6) is 1.93. The zero-order valence-electron chi connectivity index (χ0n) is 20.5. The molecule has 1 N–H and O–H groups in total. The van der Waals surface area contributed by atoms with Crippen molar-refractivity contribution in [2.75, 3.05) is 60.6 Å². The van der Waals surface area contributed by atoms with Crippen LogP contribution < -0.4 is 19.5 Å². The quantitative estimate of drug-likeness (QED) is 0.498. The van der Waals surface area contributed by atoms with Gasteiger partial charge in [-0.25, -0.2) is 0 Å². The summed E-state index contributed by atoms with van der Waals surface area (Å²) in [4.78, 5) is 30.4. The fourth-order valence-electron chi connectivity index (χ4n) is 4.49. The third-order valence-corrected chi connectivity index (χ3v) is 7.65. The molecule has 2 aliphatic heterocycles. The Hall–Kier alpha value is -2.82. The van der Waals surface area contributed by atoms with E-state index in [2.05, 4.69) is 15.1 Å². The van der Waals surface area contributed by atoms with E-state index in [4.69, 9.17) is 14.2 Å². The van der Waals surface area contributed by atoms with E-state index in [9.17, 15) is 9.70 Å². The van der Waals surface area contributed by atoms with Crippen molar-refractivity contribution in [1.29, 1.82) is 0 Å². The number of thioether (sulfide) groups is 1. The van der Waals surface area contributed by atoms with E-state index < -0.39 is 0 Å². The van der Waals surface area contributed by atoms with Crippen LogP contribution in [0.15, 0.2) is 41.3 Å². The Kier molecular flexibility index (Phi) is 8.48. The minimum atomic E-state index is -0.190. The number of piperazine rings is 1. The third kappa shape index (κ3) is 5.88. The highest BCUT2D eigenvalue weighted by Gasteiger charge is 2.38. The van der Waals surface area contributed by atoms with E-state index in [0.717, 1.165) is 53.6 Å². The number of carbonyl (C=O) groups excluding carboxylic acids is 1. The molecule has 10 heteroatoms. The van der Waals surface area contributed by atoms with E-state index >= 15 is 0 Å². The standard InChI is InChI=1S/C25H32N4O5S/c1-32-20-9-8-18(24(33-2)25(20)34-3)16-27-12-14-28(15-13-27)17-22(30)26-11-10-23-29(31)19-6-4-5-7-21(19)35-23/h4-9,23H,10-17H2,1-3H3/p+1. The number of nitrogens with zero attached hydrogens (tertiary/aromatic N) is 3. The summed E-state index contributed by atoms with van der Waals surface area (Å²) in [5, 5.41) is 2.79. The predicted octanol–water partition coefficient (Wildman–Crippen LogP) is 2.88. The van der Waals surface area contributed by atoms with Crippen molar-refractivity contribution in [2.24, 2.45) is 0 Å². The van der Waals surface area contributed by atoms with Gasteiger partial charge in [0.1, 0.15) is 0 Å². The number of amides is 1. The molecule has 0 aromatic heterocycles. The van der Waals surface area contributed by atoms with E-state index in [1.807, 2.05) is 36.4 Å². The zero-order chi connectivity index (χ0) is 24.8. The average Bonchev–Trinajstić information content (AvgIpc) is 3.20. The van der Waals surface area contributed by atoms with Crippen LogP contribution in [-0.4, -0.2) is 86.4 Å². The summed E-state index contributed by atoms with van der Waals surface area (Å²) < 4.78 is 17.5. The predicted molar refractivity (Wildman–Crippen MR) is 135 cm³/mol. The highest BCUT2D eigenvalue weighted by atomic mass is 32.2. The Labute approximate surface area is 210 Å². The lowest BCUT2D eigenvalue weighted by molar-refractivity contribution is -0.476. The van der Waals surface area contributed by atoms with E-state index in [-0.39, 0.29) is 11.3 Å². The van der Waals surface area contributed by atoms with Crippen LogP contribution in [0.1, 0.15) is 12.0 Å². The third-order valence-electron chi connectivity index (χ3n) is 6.35. The minimum absolute atomic E-state index is 0.00188. The van der Waals surface area contributed by atoms with Crippen molar-refractivity contribution < 1.29 is 23.8 Å². The maximum absolute atomic E-state index is 12.5. The molecule has 1 unspecified atom stereocenters. The van der Waals surface area contributed by atoms with Gasteiger partial charge in [-0.2, -0.15) is 0 Å². The van der Waals surface area contributed by atoms with Crippen molar-refractivity contribution in [3.8, 4) is 17.2 Å². The first kappa shape index (κ1) is 25.3. The number of methoxy groups -OCH3 is 3. The Morgan fingerprint density at radius 2 is 1.71 bits per heavy atom. The molecule has 2 aliphatic rings. The molecule has 1 atom stereocenters. The summed E-state index contributed by atoms with van der Waals surface area (Å²) in [6.45, 7) is 4.92. The summed E-state index contributed by atoms with van der Waals surface area (Å²) in [5.41, 5.74) is 1.76. The number of ether oxygens (including phenoxy) is 3. The molecule has 0 bridgehead atoms. The fraction of sp³-hybridized carbons (Fsp3) is 0.480. The number of hydrogen-bond donors (Lipinski definition) is 1. The number of para-hydroxylation sites is 1. The van der Waals surface area contributed by atoms with Gasteiger partial charge in [-0.1, -0.05) is 18.2 Å². The van der Waals surface area contributed by atoms with Crippen LogP contribution >= 0.6 is 11.8 Å². The highest BCUT2D eigenvalue weighted by Crippen LogP contribution is 2.42. The number of benzene rings is 2. The summed E-state index contributed by atoms with van der Waals surface area (Å²) in [6, 6.07) is 11.5. The Balaban J connectivity index is 1.19. The first-order valence-corrected chi connectivity index (χ1v) is 12.6. The monoisotopic (exact) mass is 501 g/mol. The van der Waals surface area contributed by atoms with Gasteiger partial charge >= 0.3 is 0 Å². The minimum Gasteiger partial charge on any atom is -0.493 e. The summed E-state index contributed by atoms with van der Waals surface area (Å²) in [6.07, 6.45) is 0.607. The second-order valence-corrected chi connectivity index (χ2v) is 9.77. The van der Waals surface area contributed by atoms with Gasteiger partial charge in [0.25, 0.3) is 11.1 Å². The molecule has 1 fully saturated rings. The lowest BCUT2D eigenvalue weighted by Crippen LogP contribution is -2.49. The normalized spacial score (nSPS) is 18.3. The molecule has 0 aliphatic carbocycles. The Morgan fingerprint density at radius 1 is 1.00 bits per heavy atom. The van der Waals surface area contributed by atoms with Crippen LogP contribution in [0.3, 0.4) is 0 Å². The van der Waals surface area contributed by atoms with Crippen LogP contribution in [0.25, 0.3) is 0 Å². The first-order valence-electron chi connectivity index (χ1n) is 11.7. The van der Waals surface area contributed by atoms with Crippen molar-refractivity contribution in [3.05, 3.63) is 46.9 Å². The molecule has 2 heterocycles. The maximum atomic E-state index is 12.5. The van der Waals surface area contributed by atoms with Gasteiger partial charge in [0, 0.05) is 62.2 Å². The lowest BCUT2D eigenvalue weighted by Gasteiger charge is -2.34. The molecular weight excluding hydrogens is 468 g/mol. The zero-order valence-corrected chi connectivity index (χ0v) is 21.3. The Bertz CT molecular complexity index is 1060. The molecule has 2 aromatic rings. The van der Waals surface area contributed by atoms with Crippen molar-refractivity contribution in [3.63, 3.8) is 0 Å². The number of fused-ring (bicyclic) bond motifs is 1. The van der Waals surface area contributed by atoms with Crippen molar-refractivity contribution >= 4 is 23.4 Å². The van der Waals surface area contributed by atoms with Crippen LogP contribution in [0, 0.1) is 4.91 Å². The van der Waals surface area contributed by atoms with Gasteiger partial charge < -0.3 is 19.5 Å². The smallest absolute Gasteiger partial charge is 0.271 e. The number of hydrogen-bond acceptors (Lipinski definition) is 8. The van der Waals surface area contributed by atoms with Gasteiger partial charge in [-0.05, 0) is 23.9 Å². The summed E-state index contributed by atoms with van der Waals surface area (Å²) in [7, 11) is 4.85. The number of nitrogens with one attached hydrogen (secondary N) is 1. The summed E-state index contributed by atoms with van der Waals surface area (Å²) >= 11 is 1.56. The number of rotatable bonds is 10. The molecular formula is C25H33N4O5S+. The molecule has 0 saturated carbocycles. The maximum Gasteiger partial charge on any atom is 0.271 e. The van der Waals surface area contributed by atoms with E-state index in [1.54, 1.807) is 33.1 Å². The SMILES string of the molecule is COc1ccc(CN2CCN(CC(=O)NCCC3Sc4ccccc4[N+]3=O)CC2)c(OC)c1OC. The van der Waals surface area contributed by atoms with Gasteiger partial charge in [-0.3, -0.25) is 14.6 Å². The van der Waals surface area contributed by atoms with Crippen LogP contribution in [0.2, 0.25) is 0 Å². The molecule has 9 nitrogen and oxygen atoms in total. The second kappa shape index (κ2) is 11.7. The molecule has 2 aromatic carbocycles. The van der Waals surface area contributed by atoms with Gasteiger partial charge in [0.05, 0.1) is 37.5 Å². The van der Waals surface area contributed by atoms with Gasteiger partial charge in [-0.15, -0.1) is 0 Å². The molecule has 1 amide bonds. The molecule has 0 spiro atoms. The molecule has 0 radical (unpaired) electrons. The fourth-order valence-corrected chi connectivity index (χ4v) is 5.67. The van der Waals surface area contributed by atoms with Crippen LogP contribution in [-0.2, 0) is 11.3 Å². The average molecular weight is 502 g/mol. The first-order chi connectivity index (χ1) is 17.0. The van der Waals surface area contributed by atoms with Crippen LogP contribution in [0.4, 0.5) is 5.69 Å². The lowest BCUT2D eigenvalue weighted by atomic mass is 10.1. The van der Waals surface area contributed by atoms with Gasteiger partial charge in [0.2, 0.25) is 11.7 Å². The van der Waals surface area contributed by atoms with Crippen molar-refractivity contribution in [1.82, 2.24) is 15.1 Å². The number of nitroso groups, excluding NO2 is 1. The molecule has 1 saturated heterocycles. The topological polar surface area (TPSA) is 83.4 Å². The number of carbonyl (C=O) groups is 1. The van der Waals surface area contributed by atoms with Gasteiger partial charge in [0.15, 0.2) is 11.5 Å². The largest absolute Gasteiger partial charge is 0.493 e. The van der Waals surface area contributed by atoms with E-state index in [1.165, 1.54) is 0 Å². The molecule has 188 valence electrons. The van der Waals surface area contributed by atoms with Crippen LogP contribution in [0.5, 0.6) is 17.2 Å². The van der Waals surface area contributed by atoms with Crippen molar-refractivity contribution in [2.45, 2.75) is 23.2 Å². The molecule has 4 rings (SSSR count).